The number of ether oxygens (including phenoxy) is 1. The van der Waals surface area contributed by atoms with Crippen LogP contribution in [-0.4, -0.2) is 12.0 Å². The van der Waals surface area contributed by atoms with Gasteiger partial charge < -0.3 is 10.1 Å². The van der Waals surface area contributed by atoms with Crippen molar-refractivity contribution < 1.29 is 22.7 Å². The van der Waals surface area contributed by atoms with E-state index in [-0.39, 0.29) is 11.7 Å². The number of anilines is 1. The fourth-order valence-corrected chi connectivity index (χ4v) is 2.64. The van der Waals surface area contributed by atoms with Gasteiger partial charge in [-0.15, -0.1) is 0 Å². The molecule has 0 fully saturated rings. The van der Waals surface area contributed by atoms with Crippen LogP contribution in [0.5, 0.6) is 5.75 Å². The van der Waals surface area contributed by atoms with E-state index in [0.29, 0.717) is 11.4 Å². The van der Waals surface area contributed by atoms with E-state index in [1.807, 2.05) is 13.8 Å². The van der Waals surface area contributed by atoms with Crippen molar-refractivity contribution >= 4 is 22.9 Å². The maximum Gasteiger partial charge on any atom is 0.417 e. The predicted molar refractivity (Wildman–Crippen MR) is 79.5 cm³/mol. The van der Waals surface area contributed by atoms with Gasteiger partial charge in [-0.25, -0.2) is 0 Å². The zero-order valence-corrected chi connectivity index (χ0v) is 12.7. The molecule has 2 rings (SSSR count). The summed E-state index contributed by atoms with van der Waals surface area (Å²) in [6, 6.07) is 6.52. The first-order chi connectivity index (χ1) is 10.3. The quantitative estimate of drug-likeness (QED) is 0.874. The number of thiophene rings is 1. The van der Waals surface area contributed by atoms with Gasteiger partial charge in [0.25, 0.3) is 5.91 Å². The second-order valence-corrected chi connectivity index (χ2v) is 5.59. The van der Waals surface area contributed by atoms with Gasteiger partial charge in [-0.2, -0.15) is 24.5 Å². The number of amides is 1. The Labute approximate surface area is 129 Å². The van der Waals surface area contributed by atoms with E-state index >= 15 is 0 Å². The number of halogens is 3. The van der Waals surface area contributed by atoms with Crippen molar-refractivity contribution in [2.75, 3.05) is 5.32 Å². The molecule has 1 N–H and O–H groups in total. The number of carbonyl (C=O) groups excluding carboxylic acids is 1. The molecule has 3 nitrogen and oxygen atoms in total. The SMILES string of the molecule is CC(C)Oc1cccc(NC(=O)c2cscc2C(F)(F)F)c1. The van der Waals surface area contributed by atoms with E-state index in [2.05, 4.69) is 5.32 Å². The molecule has 0 bridgehead atoms. The number of hydrogen-bond acceptors (Lipinski definition) is 3. The average Bonchev–Trinajstić information content (AvgIpc) is 2.87. The van der Waals surface area contributed by atoms with E-state index < -0.39 is 17.6 Å². The number of rotatable bonds is 4. The molecule has 0 saturated heterocycles. The lowest BCUT2D eigenvalue weighted by molar-refractivity contribution is -0.137. The molecule has 118 valence electrons. The van der Waals surface area contributed by atoms with Crippen LogP contribution in [0.3, 0.4) is 0 Å². The molecule has 7 heteroatoms. The first-order valence-corrected chi connectivity index (χ1v) is 7.43. The fraction of sp³-hybridized carbons (Fsp3) is 0.267. The monoisotopic (exact) mass is 329 g/mol. The second-order valence-electron chi connectivity index (χ2n) is 4.85. The molecule has 0 atom stereocenters. The Morgan fingerprint density at radius 3 is 2.64 bits per heavy atom. The van der Waals surface area contributed by atoms with E-state index in [4.69, 9.17) is 4.74 Å². The van der Waals surface area contributed by atoms with Crippen molar-refractivity contribution in [2.45, 2.75) is 26.1 Å². The molecule has 0 aliphatic heterocycles. The van der Waals surface area contributed by atoms with Crippen LogP contribution in [0.15, 0.2) is 35.0 Å². The summed E-state index contributed by atoms with van der Waals surface area (Å²) in [7, 11) is 0. The number of hydrogen-bond donors (Lipinski definition) is 1. The van der Waals surface area contributed by atoms with Crippen LogP contribution in [0.2, 0.25) is 0 Å². The van der Waals surface area contributed by atoms with Crippen LogP contribution in [0.25, 0.3) is 0 Å². The molecule has 0 aliphatic rings. The molecule has 0 saturated carbocycles. The Kier molecular flexibility index (Phi) is 4.75. The second kappa shape index (κ2) is 6.39. The molecule has 0 spiro atoms. The Balaban J connectivity index is 2.18. The standard InChI is InChI=1S/C15H14F3NO2S/c1-9(2)21-11-5-3-4-10(6-11)19-14(20)12-7-22-8-13(12)15(16,17)18/h3-9H,1-2H3,(H,19,20). The van der Waals surface area contributed by atoms with Gasteiger partial charge in [-0.05, 0) is 26.0 Å². The number of benzene rings is 1. The van der Waals surface area contributed by atoms with E-state index in [0.717, 1.165) is 16.7 Å². The lowest BCUT2D eigenvalue weighted by Gasteiger charge is -2.12. The van der Waals surface area contributed by atoms with Gasteiger partial charge in [-0.3, -0.25) is 4.79 Å². The molecular weight excluding hydrogens is 315 g/mol. The van der Waals surface area contributed by atoms with Gasteiger partial charge in [0.2, 0.25) is 0 Å². The van der Waals surface area contributed by atoms with Crippen molar-refractivity contribution in [1.29, 1.82) is 0 Å². The van der Waals surface area contributed by atoms with Crippen molar-refractivity contribution in [2.24, 2.45) is 0 Å². The highest BCUT2D eigenvalue weighted by Gasteiger charge is 2.36. The molecular formula is C15H14F3NO2S. The van der Waals surface area contributed by atoms with Crippen molar-refractivity contribution in [3.8, 4) is 5.75 Å². The number of alkyl halides is 3. The highest BCUT2D eigenvalue weighted by Crippen LogP contribution is 2.34. The zero-order chi connectivity index (χ0) is 16.3. The average molecular weight is 329 g/mol. The molecule has 1 aromatic carbocycles. The summed E-state index contributed by atoms with van der Waals surface area (Å²) < 4.78 is 43.9. The molecule has 0 aliphatic carbocycles. The van der Waals surface area contributed by atoms with E-state index in [9.17, 15) is 18.0 Å². The van der Waals surface area contributed by atoms with E-state index in [1.165, 1.54) is 5.38 Å². The normalized spacial score (nSPS) is 11.5. The van der Waals surface area contributed by atoms with Crippen LogP contribution in [0.1, 0.15) is 29.8 Å². The molecule has 22 heavy (non-hydrogen) atoms. The lowest BCUT2D eigenvalue weighted by atomic mass is 10.1. The maximum absolute atomic E-state index is 12.8. The maximum atomic E-state index is 12.8. The summed E-state index contributed by atoms with van der Waals surface area (Å²) in [4.78, 5) is 12.0. The van der Waals surface area contributed by atoms with Gasteiger partial charge in [0.15, 0.2) is 0 Å². The van der Waals surface area contributed by atoms with E-state index in [1.54, 1.807) is 24.3 Å². The summed E-state index contributed by atoms with van der Waals surface area (Å²) in [6.07, 6.45) is -4.59. The minimum atomic E-state index is -4.55. The number of nitrogens with one attached hydrogen (secondary N) is 1. The third-order valence-electron chi connectivity index (χ3n) is 2.68. The topological polar surface area (TPSA) is 38.3 Å². The zero-order valence-electron chi connectivity index (χ0n) is 11.9. The highest BCUT2D eigenvalue weighted by molar-refractivity contribution is 7.08. The lowest BCUT2D eigenvalue weighted by Crippen LogP contribution is -2.17. The Morgan fingerprint density at radius 1 is 1.27 bits per heavy atom. The number of carbonyl (C=O) groups is 1. The fourth-order valence-electron chi connectivity index (χ4n) is 1.81. The van der Waals surface area contributed by atoms with Gasteiger partial charge >= 0.3 is 6.18 Å². The first kappa shape index (κ1) is 16.4. The summed E-state index contributed by atoms with van der Waals surface area (Å²) >= 11 is 0.838. The summed E-state index contributed by atoms with van der Waals surface area (Å²) in [6.45, 7) is 3.71. The van der Waals surface area contributed by atoms with Crippen LogP contribution in [-0.2, 0) is 6.18 Å². The molecule has 0 unspecified atom stereocenters. The Hall–Kier alpha value is -2.02. The molecule has 1 heterocycles. The Morgan fingerprint density at radius 2 is 2.00 bits per heavy atom. The molecule has 1 aromatic heterocycles. The summed E-state index contributed by atoms with van der Waals surface area (Å²) in [5, 5.41) is 4.57. The first-order valence-electron chi connectivity index (χ1n) is 6.49. The van der Waals surface area contributed by atoms with Gasteiger partial charge in [0, 0.05) is 22.5 Å². The summed E-state index contributed by atoms with van der Waals surface area (Å²) in [5.74, 6) is -0.260. The molecule has 0 radical (unpaired) electrons. The Bertz CT molecular complexity index is 665. The van der Waals surface area contributed by atoms with Crippen LogP contribution in [0.4, 0.5) is 18.9 Å². The van der Waals surface area contributed by atoms with Crippen LogP contribution < -0.4 is 10.1 Å². The van der Waals surface area contributed by atoms with Gasteiger partial charge in [-0.1, -0.05) is 6.07 Å². The molecule has 1 amide bonds. The molecule has 2 aromatic rings. The van der Waals surface area contributed by atoms with Gasteiger partial charge in [0.05, 0.1) is 17.2 Å². The third-order valence-corrected chi connectivity index (χ3v) is 3.42. The van der Waals surface area contributed by atoms with Crippen molar-refractivity contribution in [3.05, 3.63) is 46.2 Å². The minimum absolute atomic E-state index is 0.0420. The largest absolute Gasteiger partial charge is 0.491 e. The highest BCUT2D eigenvalue weighted by atomic mass is 32.1. The van der Waals surface area contributed by atoms with Crippen LogP contribution >= 0.6 is 11.3 Å². The predicted octanol–water partition coefficient (Wildman–Crippen LogP) is 4.81. The smallest absolute Gasteiger partial charge is 0.417 e. The van der Waals surface area contributed by atoms with Crippen molar-refractivity contribution in [3.63, 3.8) is 0 Å². The minimum Gasteiger partial charge on any atom is -0.491 e. The van der Waals surface area contributed by atoms with Crippen molar-refractivity contribution in [1.82, 2.24) is 0 Å². The van der Waals surface area contributed by atoms with Gasteiger partial charge in [0.1, 0.15) is 5.75 Å². The third kappa shape index (κ3) is 4.00. The summed E-state index contributed by atoms with van der Waals surface area (Å²) in [5.41, 5.74) is -0.931. The van der Waals surface area contributed by atoms with Crippen LogP contribution in [0, 0.1) is 0 Å².